The molecular weight excluding hydrogens is 371 g/mol. The number of benzene rings is 1. The minimum absolute atomic E-state index is 0.00947. The van der Waals surface area contributed by atoms with E-state index in [1.54, 1.807) is 36.7 Å². The Hall–Kier alpha value is -3.35. The van der Waals surface area contributed by atoms with Gasteiger partial charge in [0.1, 0.15) is 11.6 Å². The van der Waals surface area contributed by atoms with Gasteiger partial charge in [0.2, 0.25) is 5.91 Å². The van der Waals surface area contributed by atoms with E-state index in [1.165, 1.54) is 18.2 Å². The summed E-state index contributed by atoms with van der Waals surface area (Å²) in [4.78, 5) is 36.0. The number of pyridine rings is 1. The Morgan fingerprint density at radius 2 is 1.90 bits per heavy atom. The molecule has 1 fully saturated rings. The van der Waals surface area contributed by atoms with Gasteiger partial charge in [0.25, 0.3) is 5.56 Å². The van der Waals surface area contributed by atoms with Crippen molar-refractivity contribution in [3.63, 3.8) is 0 Å². The van der Waals surface area contributed by atoms with Crippen LogP contribution in [-0.4, -0.2) is 20.9 Å². The molecule has 1 aliphatic rings. The summed E-state index contributed by atoms with van der Waals surface area (Å²) in [7, 11) is 0. The average Bonchev–Trinajstić information content (AvgIpc) is 2.67. The first-order valence-electron chi connectivity index (χ1n) is 9.65. The summed E-state index contributed by atoms with van der Waals surface area (Å²) in [6.07, 6.45) is 6.41. The van der Waals surface area contributed by atoms with Crippen molar-refractivity contribution in [2.45, 2.75) is 31.7 Å². The van der Waals surface area contributed by atoms with Crippen molar-refractivity contribution in [1.29, 1.82) is 0 Å². The third kappa shape index (κ3) is 4.56. The molecule has 3 aromatic rings. The number of carbonyl (C=O) groups is 1. The molecule has 29 heavy (non-hydrogen) atoms. The van der Waals surface area contributed by atoms with E-state index in [0.29, 0.717) is 17.9 Å². The van der Waals surface area contributed by atoms with Crippen molar-refractivity contribution in [3.8, 4) is 11.4 Å². The molecule has 2 heterocycles. The van der Waals surface area contributed by atoms with Crippen LogP contribution in [0.5, 0.6) is 0 Å². The third-order valence-electron chi connectivity index (χ3n) is 5.23. The lowest BCUT2D eigenvalue weighted by Crippen LogP contribution is -2.38. The molecule has 2 aromatic heterocycles. The highest BCUT2D eigenvalue weighted by atomic mass is 19.1. The summed E-state index contributed by atoms with van der Waals surface area (Å²) >= 11 is 0. The fourth-order valence-electron chi connectivity index (χ4n) is 3.38. The number of nitrogens with one attached hydrogen (secondary N) is 2. The minimum atomic E-state index is -0.400. The molecule has 0 unspecified atom stereocenters. The number of aromatic amines is 1. The second-order valence-corrected chi connectivity index (χ2v) is 7.27. The molecule has 0 saturated heterocycles. The molecule has 1 aromatic carbocycles. The largest absolute Gasteiger partial charge is 0.349 e. The zero-order valence-electron chi connectivity index (χ0n) is 15.8. The first-order valence-corrected chi connectivity index (χ1v) is 9.65. The van der Waals surface area contributed by atoms with Gasteiger partial charge in [0, 0.05) is 36.4 Å². The summed E-state index contributed by atoms with van der Waals surface area (Å²) < 4.78 is 13.4. The van der Waals surface area contributed by atoms with Crippen molar-refractivity contribution in [2.75, 3.05) is 0 Å². The molecular formula is C22H21FN4O2. The predicted octanol–water partition coefficient (Wildman–Crippen LogP) is 3.17. The zero-order chi connectivity index (χ0) is 20.2. The Balaban J connectivity index is 1.63. The monoisotopic (exact) mass is 392 g/mol. The molecule has 1 saturated carbocycles. The number of amides is 1. The van der Waals surface area contributed by atoms with Crippen molar-refractivity contribution in [2.24, 2.45) is 5.92 Å². The molecule has 6 nitrogen and oxygen atoms in total. The number of hydrogen-bond donors (Lipinski definition) is 2. The highest BCUT2D eigenvalue weighted by molar-refractivity contribution is 5.79. The van der Waals surface area contributed by atoms with Crippen LogP contribution in [0.1, 0.15) is 36.6 Å². The molecule has 0 spiro atoms. The van der Waals surface area contributed by atoms with Gasteiger partial charge in [-0.2, -0.15) is 0 Å². The van der Waals surface area contributed by atoms with Crippen LogP contribution in [0.2, 0.25) is 0 Å². The number of carbonyl (C=O) groups excluding carboxylic acids is 1. The predicted molar refractivity (Wildman–Crippen MR) is 106 cm³/mol. The van der Waals surface area contributed by atoms with Gasteiger partial charge in [-0.3, -0.25) is 14.6 Å². The molecule has 1 amide bonds. The minimum Gasteiger partial charge on any atom is -0.349 e. The average molecular weight is 392 g/mol. The first kappa shape index (κ1) is 19.0. The standard InChI is InChI=1S/C22H21FN4O2/c23-17-6-4-14(5-7-17)19(26-22(29)16-2-1-3-16)12-18-13-20(28)27-21(25-18)15-8-10-24-11-9-15/h4-11,13,16,19H,1-3,12H2,(H,26,29)(H,25,27,28)/t19-/m0/s1. The Bertz CT molecular complexity index is 1050. The molecule has 0 bridgehead atoms. The molecule has 4 rings (SSSR count). The Morgan fingerprint density at radius 1 is 1.17 bits per heavy atom. The number of halogens is 1. The van der Waals surface area contributed by atoms with Gasteiger partial charge in [0.05, 0.1) is 11.7 Å². The fourth-order valence-corrected chi connectivity index (χ4v) is 3.38. The first-order chi connectivity index (χ1) is 14.1. The Kier molecular flexibility index (Phi) is 5.46. The molecule has 1 aliphatic carbocycles. The van der Waals surface area contributed by atoms with Crippen molar-refractivity contribution >= 4 is 5.91 Å². The van der Waals surface area contributed by atoms with Gasteiger partial charge in [-0.05, 0) is 42.7 Å². The number of hydrogen-bond acceptors (Lipinski definition) is 4. The van der Waals surface area contributed by atoms with Crippen LogP contribution in [-0.2, 0) is 11.2 Å². The summed E-state index contributed by atoms with van der Waals surface area (Å²) in [6.45, 7) is 0. The lowest BCUT2D eigenvalue weighted by atomic mass is 9.84. The van der Waals surface area contributed by atoms with Gasteiger partial charge >= 0.3 is 0 Å². The van der Waals surface area contributed by atoms with Crippen molar-refractivity contribution in [1.82, 2.24) is 20.3 Å². The van der Waals surface area contributed by atoms with Gasteiger partial charge in [-0.15, -0.1) is 0 Å². The van der Waals surface area contributed by atoms with Crippen LogP contribution in [0.3, 0.4) is 0 Å². The lowest BCUT2D eigenvalue weighted by molar-refractivity contribution is -0.128. The molecule has 2 N–H and O–H groups in total. The second kappa shape index (κ2) is 8.34. The number of nitrogens with zero attached hydrogens (tertiary/aromatic N) is 2. The maximum atomic E-state index is 13.4. The molecule has 1 atom stereocenters. The smallest absolute Gasteiger partial charge is 0.251 e. The van der Waals surface area contributed by atoms with Crippen molar-refractivity contribution in [3.05, 3.63) is 82.3 Å². The summed E-state index contributed by atoms with van der Waals surface area (Å²) in [6, 6.07) is 10.6. The van der Waals surface area contributed by atoms with E-state index in [0.717, 1.165) is 30.4 Å². The second-order valence-electron chi connectivity index (χ2n) is 7.27. The summed E-state index contributed by atoms with van der Waals surface area (Å²) in [5, 5.41) is 3.06. The maximum Gasteiger partial charge on any atom is 0.251 e. The topological polar surface area (TPSA) is 87.7 Å². The van der Waals surface area contributed by atoms with E-state index in [9.17, 15) is 14.0 Å². The van der Waals surface area contributed by atoms with E-state index in [-0.39, 0.29) is 23.2 Å². The molecule has 0 aliphatic heterocycles. The van der Waals surface area contributed by atoms with E-state index < -0.39 is 6.04 Å². The van der Waals surface area contributed by atoms with Gasteiger partial charge in [-0.1, -0.05) is 18.6 Å². The van der Waals surface area contributed by atoms with Crippen LogP contribution in [0, 0.1) is 11.7 Å². The van der Waals surface area contributed by atoms with Crippen LogP contribution in [0.4, 0.5) is 4.39 Å². The molecule has 148 valence electrons. The Labute approximate surface area is 167 Å². The SMILES string of the molecule is O=C(N[C@@H](Cc1cc(=O)[nH]c(-c2ccncc2)n1)c1ccc(F)cc1)C1CCC1. The summed E-state index contributed by atoms with van der Waals surface area (Å²) in [5.74, 6) is 0.118. The maximum absolute atomic E-state index is 13.4. The quantitative estimate of drug-likeness (QED) is 0.675. The number of H-pyrrole nitrogens is 1. The van der Waals surface area contributed by atoms with E-state index in [4.69, 9.17) is 0 Å². The summed E-state index contributed by atoms with van der Waals surface area (Å²) in [5.41, 5.74) is 1.79. The fraction of sp³-hybridized carbons (Fsp3) is 0.273. The van der Waals surface area contributed by atoms with Crippen molar-refractivity contribution < 1.29 is 9.18 Å². The third-order valence-corrected chi connectivity index (χ3v) is 5.23. The highest BCUT2D eigenvalue weighted by Crippen LogP contribution is 2.28. The van der Waals surface area contributed by atoms with Gasteiger partial charge in [0.15, 0.2) is 0 Å². The van der Waals surface area contributed by atoms with E-state index >= 15 is 0 Å². The number of aromatic nitrogens is 3. The Morgan fingerprint density at radius 3 is 2.55 bits per heavy atom. The lowest BCUT2D eigenvalue weighted by Gasteiger charge is -2.27. The molecule has 0 radical (unpaired) electrons. The molecule has 7 heteroatoms. The number of rotatable bonds is 6. The van der Waals surface area contributed by atoms with Gasteiger partial charge in [-0.25, -0.2) is 9.37 Å². The van der Waals surface area contributed by atoms with Crippen LogP contribution < -0.4 is 10.9 Å². The van der Waals surface area contributed by atoms with Crippen LogP contribution in [0.25, 0.3) is 11.4 Å². The van der Waals surface area contributed by atoms with E-state index in [2.05, 4.69) is 20.3 Å². The highest BCUT2D eigenvalue weighted by Gasteiger charge is 2.27. The van der Waals surface area contributed by atoms with E-state index in [1.807, 2.05) is 0 Å². The normalized spacial score (nSPS) is 14.8. The zero-order valence-corrected chi connectivity index (χ0v) is 15.8. The van der Waals surface area contributed by atoms with Crippen LogP contribution in [0.15, 0.2) is 59.7 Å². The van der Waals surface area contributed by atoms with Gasteiger partial charge < -0.3 is 10.3 Å². The van der Waals surface area contributed by atoms with Crippen LogP contribution >= 0.6 is 0 Å².